The molecule has 9 heteroatoms. The van der Waals surface area contributed by atoms with E-state index in [0.717, 1.165) is 4.47 Å². The number of benzene rings is 2. The number of amides is 2. The summed E-state index contributed by atoms with van der Waals surface area (Å²) in [7, 11) is -2.15. The van der Waals surface area contributed by atoms with Crippen LogP contribution in [0.15, 0.2) is 57.9 Å². The van der Waals surface area contributed by atoms with Gasteiger partial charge in [0.1, 0.15) is 0 Å². The highest BCUT2D eigenvalue weighted by molar-refractivity contribution is 9.10. The number of carbonyl (C=O) groups excluding carboxylic acids is 2. The third kappa shape index (κ3) is 6.34. The van der Waals surface area contributed by atoms with Gasteiger partial charge in [-0.05, 0) is 52.3 Å². The topological polar surface area (TPSA) is 83.6 Å². The average molecular weight is 474 g/mol. The van der Waals surface area contributed by atoms with E-state index in [1.165, 1.54) is 36.2 Å². The second-order valence-corrected chi connectivity index (χ2v) is 9.20. The van der Waals surface area contributed by atoms with E-state index in [0.29, 0.717) is 10.7 Å². The van der Waals surface area contributed by atoms with Crippen molar-refractivity contribution < 1.29 is 18.0 Å². The van der Waals surface area contributed by atoms with Crippen LogP contribution in [0.25, 0.3) is 0 Å². The van der Waals surface area contributed by atoms with Crippen LogP contribution in [0.2, 0.25) is 5.02 Å². The van der Waals surface area contributed by atoms with Gasteiger partial charge in [0.05, 0.1) is 22.9 Å². The Balaban J connectivity index is 1.88. The van der Waals surface area contributed by atoms with E-state index in [1.54, 1.807) is 18.2 Å². The zero-order chi connectivity index (χ0) is 20.0. The molecule has 27 heavy (non-hydrogen) atoms. The number of hydrogen-bond acceptors (Lipinski definition) is 4. The summed E-state index contributed by atoms with van der Waals surface area (Å²) in [5.74, 6) is -1.16. The molecule has 1 N–H and O–H groups in total. The maximum atomic E-state index is 12.3. The van der Waals surface area contributed by atoms with E-state index in [2.05, 4.69) is 21.2 Å². The average Bonchev–Trinajstić information content (AvgIpc) is 2.62. The zero-order valence-corrected chi connectivity index (χ0v) is 17.6. The van der Waals surface area contributed by atoms with Crippen molar-refractivity contribution in [3.8, 4) is 0 Å². The molecular weight excluding hydrogens is 456 g/mol. The molecule has 0 aliphatic rings. The molecule has 2 amide bonds. The van der Waals surface area contributed by atoms with Gasteiger partial charge in [0.25, 0.3) is 0 Å². The van der Waals surface area contributed by atoms with Crippen LogP contribution >= 0.6 is 27.5 Å². The van der Waals surface area contributed by atoms with E-state index in [-0.39, 0.29) is 29.5 Å². The van der Waals surface area contributed by atoms with Gasteiger partial charge in [0.2, 0.25) is 11.8 Å². The Morgan fingerprint density at radius 2 is 1.74 bits per heavy atom. The van der Waals surface area contributed by atoms with Crippen molar-refractivity contribution in [2.45, 2.75) is 11.3 Å². The number of likely N-dealkylation sites (N-methyl/N-ethyl adjacent to an activating group) is 1. The molecule has 144 valence electrons. The SMILES string of the molecule is CN(CC(=O)Nc1ccccc1Br)C(=O)CCS(=O)(=O)c1ccc(Cl)cc1. The van der Waals surface area contributed by atoms with Crippen molar-refractivity contribution in [3.63, 3.8) is 0 Å². The molecular formula is C18H18BrClN2O4S. The van der Waals surface area contributed by atoms with Gasteiger partial charge in [0.15, 0.2) is 9.84 Å². The lowest BCUT2D eigenvalue weighted by Crippen LogP contribution is -2.35. The normalized spacial score (nSPS) is 11.1. The van der Waals surface area contributed by atoms with Crippen LogP contribution in [0.1, 0.15) is 6.42 Å². The molecule has 0 bridgehead atoms. The zero-order valence-electron chi connectivity index (χ0n) is 14.5. The second kappa shape index (κ2) is 9.34. The van der Waals surface area contributed by atoms with Crippen molar-refractivity contribution >= 4 is 54.9 Å². The Morgan fingerprint density at radius 3 is 2.37 bits per heavy atom. The fraction of sp³-hybridized carbons (Fsp3) is 0.222. The van der Waals surface area contributed by atoms with Gasteiger partial charge >= 0.3 is 0 Å². The molecule has 0 unspecified atom stereocenters. The number of hydrogen-bond donors (Lipinski definition) is 1. The molecule has 0 radical (unpaired) electrons. The van der Waals surface area contributed by atoms with Crippen LogP contribution < -0.4 is 5.32 Å². The minimum atomic E-state index is -3.60. The van der Waals surface area contributed by atoms with Crippen LogP contribution in [-0.2, 0) is 19.4 Å². The summed E-state index contributed by atoms with van der Waals surface area (Å²) in [6.07, 6.45) is -0.218. The van der Waals surface area contributed by atoms with Crippen LogP contribution in [0, 0.1) is 0 Å². The molecule has 2 rings (SSSR count). The number of nitrogens with zero attached hydrogens (tertiary/aromatic N) is 1. The van der Waals surface area contributed by atoms with Gasteiger partial charge in [-0.25, -0.2) is 8.42 Å². The molecule has 2 aromatic rings. The summed E-state index contributed by atoms with van der Waals surface area (Å²) in [5.41, 5.74) is 0.591. The molecule has 0 saturated heterocycles. The van der Waals surface area contributed by atoms with Gasteiger partial charge in [-0.1, -0.05) is 23.7 Å². The van der Waals surface area contributed by atoms with Crippen LogP contribution in [-0.4, -0.2) is 44.5 Å². The number of carbonyl (C=O) groups is 2. The molecule has 0 aliphatic carbocycles. The Labute approximate surface area is 171 Å². The Kier molecular flexibility index (Phi) is 7.41. The predicted molar refractivity (Wildman–Crippen MR) is 109 cm³/mol. The number of sulfone groups is 1. The van der Waals surface area contributed by atoms with Crippen molar-refractivity contribution in [3.05, 3.63) is 58.0 Å². The molecule has 0 saturated carbocycles. The Hall–Kier alpha value is -1.90. The predicted octanol–water partition coefficient (Wildman–Crippen LogP) is 3.36. The maximum absolute atomic E-state index is 12.3. The largest absolute Gasteiger partial charge is 0.336 e. The van der Waals surface area contributed by atoms with Crippen molar-refractivity contribution in [2.24, 2.45) is 0 Å². The summed E-state index contributed by atoms with van der Waals surface area (Å²) >= 11 is 9.07. The lowest BCUT2D eigenvalue weighted by atomic mass is 10.3. The smallest absolute Gasteiger partial charge is 0.244 e. The lowest BCUT2D eigenvalue weighted by Gasteiger charge is -2.17. The minimum absolute atomic E-state index is 0.106. The van der Waals surface area contributed by atoms with Crippen molar-refractivity contribution in [2.75, 3.05) is 24.7 Å². The number of para-hydroxylation sites is 1. The number of nitrogens with one attached hydrogen (secondary N) is 1. The first-order valence-corrected chi connectivity index (χ1v) is 10.8. The van der Waals surface area contributed by atoms with Crippen LogP contribution in [0.5, 0.6) is 0 Å². The summed E-state index contributed by atoms with van der Waals surface area (Å²) in [6, 6.07) is 12.9. The lowest BCUT2D eigenvalue weighted by molar-refractivity contribution is -0.132. The van der Waals surface area contributed by atoms with Gasteiger partial charge in [-0.2, -0.15) is 0 Å². The van der Waals surface area contributed by atoms with Gasteiger partial charge in [0, 0.05) is 23.0 Å². The quantitative estimate of drug-likeness (QED) is 0.668. The van der Waals surface area contributed by atoms with E-state index in [9.17, 15) is 18.0 Å². The minimum Gasteiger partial charge on any atom is -0.336 e. The van der Waals surface area contributed by atoms with E-state index >= 15 is 0 Å². The monoisotopic (exact) mass is 472 g/mol. The third-order valence-electron chi connectivity index (χ3n) is 3.71. The fourth-order valence-electron chi connectivity index (χ4n) is 2.23. The van der Waals surface area contributed by atoms with E-state index < -0.39 is 15.7 Å². The van der Waals surface area contributed by atoms with Crippen LogP contribution in [0.3, 0.4) is 0 Å². The molecule has 0 atom stereocenters. The van der Waals surface area contributed by atoms with Gasteiger partial charge in [-0.15, -0.1) is 0 Å². The van der Waals surface area contributed by atoms with Crippen LogP contribution in [0.4, 0.5) is 5.69 Å². The first-order chi connectivity index (χ1) is 12.7. The standard InChI is InChI=1S/C18H18BrClN2O4S/c1-22(12-17(23)21-16-5-3-2-4-15(16)19)18(24)10-11-27(25,26)14-8-6-13(20)7-9-14/h2-9H,10-12H2,1H3,(H,21,23). The fourth-order valence-corrected chi connectivity index (χ4v) is 3.97. The molecule has 0 aromatic heterocycles. The second-order valence-electron chi connectivity index (χ2n) is 5.80. The highest BCUT2D eigenvalue weighted by Crippen LogP contribution is 2.21. The summed E-state index contributed by atoms with van der Waals surface area (Å²) in [5, 5.41) is 3.12. The number of rotatable bonds is 7. The third-order valence-corrected chi connectivity index (χ3v) is 6.39. The molecule has 0 spiro atoms. The number of halogens is 2. The summed E-state index contributed by atoms with van der Waals surface area (Å²) in [6.45, 7) is -0.179. The summed E-state index contributed by atoms with van der Waals surface area (Å²) in [4.78, 5) is 25.6. The van der Waals surface area contributed by atoms with Gasteiger partial charge in [-0.3, -0.25) is 9.59 Å². The Morgan fingerprint density at radius 1 is 1.11 bits per heavy atom. The van der Waals surface area contributed by atoms with Crippen molar-refractivity contribution in [1.29, 1.82) is 0 Å². The highest BCUT2D eigenvalue weighted by atomic mass is 79.9. The first-order valence-electron chi connectivity index (χ1n) is 7.96. The maximum Gasteiger partial charge on any atom is 0.244 e. The molecule has 0 fully saturated rings. The highest BCUT2D eigenvalue weighted by Gasteiger charge is 2.19. The number of anilines is 1. The molecule has 0 aliphatic heterocycles. The summed E-state index contributed by atoms with van der Waals surface area (Å²) < 4.78 is 25.3. The van der Waals surface area contributed by atoms with Gasteiger partial charge < -0.3 is 10.2 Å². The molecule has 2 aromatic carbocycles. The molecule has 6 nitrogen and oxygen atoms in total. The Bertz CT molecular complexity index is 933. The van der Waals surface area contributed by atoms with Crippen molar-refractivity contribution in [1.82, 2.24) is 4.90 Å². The molecule has 0 heterocycles. The van der Waals surface area contributed by atoms with E-state index in [1.807, 2.05) is 6.07 Å². The first kappa shape index (κ1) is 21.4. The van der Waals surface area contributed by atoms with E-state index in [4.69, 9.17) is 11.6 Å².